The minimum absolute atomic E-state index is 0.0261. The van der Waals surface area contributed by atoms with Crippen LogP contribution in [0.1, 0.15) is 36.2 Å². The Labute approximate surface area is 116 Å². The molecule has 1 N–H and O–H groups in total. The van der Waals surface area contributed by atoms with Gasteiger partial charge in [-0.3, -0.25) is 4.79 Å². The lowest BCUT2D eigenvalue weighted by atomic mass is 10.0. The van der Waals surface area contributed by atoms with Gasteiger partial charge in [0.1, 0.15) is 5.82 Å². The topological polar surface area (TPSA) is 29.1 Å². The molecule has 0 aliphatic carbocycles. The molecule has 1 aromatic rings. The van der Waals surface area contributed by atoms with E-state index in [9.17, 15) is 9.18 Å². The molecule has 0 aromatic heterocycles. The molecule has 0 saturated carbocycles. The molecule has 1 unspecified atom stereocenters. The lowest BCUT2D eigenvalue weighted by Gasteiger charge is -2.18. The van der Waals surface area contributed by atoms with Crippen molar-refractivity contribution in [3.63, 3.8) is 0 Å². The molecular formula is C14H19BrFNO. The van der Waals surface area contributed by atoms with Crippen LogP contribution in [-0.2, 0) is 0 Å². The third-order valence-corrected chi connectivity index (χ3v) is 3.43. The molecule has 0 radical (unpaired) electrons. The van der Waals surface area contributed by atoms with Gasteiger partial charge in [-0.05, 0) is 37.0 Å². The third-order valence-electron chi connectivity index (χ3n) is 2.65. The fourth-order valence-corrected chi connectivity index (χ4v) is 2.22. The van der Waals surface area contributed by atoms with Crippen molar-refractivity contribution in [3.05, 3.63) is 35.1 Å². The Balaban J connectivity index is 2.74. The van der Waals surface area contributed by atoms with E-state index < -0.39 is 5.82 Å². The summed E-state index contributed by atoms with van der Waals surface area (Å²) < 4.78 is 13.6. The van der Waals surface area contributed by atoms with Crippen LogP contribution in [-0.4, -0.2) is 17.3 Å². The van der Waals surface area contributed by atoms with E-state index >= 15 is 0 Å². The van der Waals surface area contributed by atoms with Gasteiger partial charge in [0.15, 0.2) is 0 Å². The third kappa shape index (κ3) is 4.41. The number of amides is 1. The Kier molecular flexibility index (Phi) is 5.79. The predicted octanol–water partition coefficient (Wildman–Crippen LogP) is 3.67. The van der Waals surface area contributed by atoms with Crippen LogP contribution in [0, 0.1) is 18.7 Å². The molecule has 0 spiro atoms. The zero-order chi connectivity index (χ0) is 13.7. The van der Waals surface area contributed by atoms with E-state index in [4.69, 9.17) is 0 Å². The lowest BCUT2D eigenvalue weighted by molar-refractivity contribution is 0.0933. The molecule has 1 aromatic carbocycles. The summed E-state index contributed by atoms with van der Waals surface area (Å²) in [7, 11) is 0. The summed E-state index contributed by atoms with van der Waals surface area (Å²) in [4.78, 5) is 12.0. The maximum Gasteiger partial charge on any atom is 0.254 e. The van der Waals surface area contributed by atoms with Crippen LogP contribution >= 0.6 is 15.9 Å². The zero-order valence-electron chi connectivity index (χ0n) is 11.0. The van der Waals surface area contributed by atoms with Gasteiger partial charge in [-0.1, -0.05) is 35.8 Å². The smallest absolute Gasteiger partial charge is 0.254 e. The van der Waals surface area contributed by atoms with Crippen molar-refractivity contribution in [2.75, 3.05) is 5.33 Å². The number of hydrogen-bond acceptors (Lipinski definition) is 1. The second kappa shape index (κ2) is 6.88. The molecule has 1 amide bonds. The highest BCUT2D eigenvalue weighted by Crippen LogP contribution is 2.12. The Morgan fingerprint density at radius 1 is 1.44 bits per heavy atom. The molecule has 0 bridgehead atoms. The van der Waals surface area contributed by atoms with Crippen molar-refractivity contribution in [1.29, 1.82) is 0 Å². The van der Waals surface area contributed by atoms with E-state index in [1.54, 1.807) is 13.0 Å². The van der Waals surface area contributed by atoms with Gasteiger partial charge in [0, 0.05) is 11.4 Å². The molecule has 0 aliphatic heterocycles. The van der Waals surface area contributed by atoms with Gasteiger partial charge >= 0.3 is 0 Å². The van der Waals surface area contributed by atoms with Gasteiger partial charge in [0.25, 0.3) is 5.91 Å². The SMILES string of the molecule is Cc1ccc(C(=O)NC(CBr)CC(C)C)c(F)c1. The van der Waals surface area contributed by atoms with E-state index in [0.29, 0.717) is 11.2 Å². The van der Waals surface area contributed by atoms with Crippen molar-refractivity contribution < 1.29 is 9.18 Å². The van der Waals surface area contributed by atoms with Crippen LogP contribution in [0.15, 0.2) is 18.2 Å². The lowest BCUT2D eigenvalue weighted by Crippen LogP contribution is -2.37. The van der Waals surface area contributed by atoms with Crippen molar-refractivity contribution in [1.82, 2.24) is 5.32 Å². The molecule has 4 heteroatoms. The van der Waals surface area contributed by atoms with E-state index in [1.165, 1.54) is 12.1 Å². The molecule has 100 valence electrons. The minimum atomic E-state index is -0.467. The minimum Gasteiger partial charge on any atom is -0.348 e. The highest BCUT2D eigenvalue weighted by molar-refractivity contribution is 9.09. The number of alkyl halides is 1. The number of hydrogen-bond donors (Lipinski definition) is 1. The Morgan fingerprint density at radius 3 is 2.61 bits per heavy atom. The van der Waals surface area contributed by atoms with E-state index in [1.807, 2.05) is 0 Å². The highest BCUT2D eigenvalue weighted by Gasteiger charge is 2.16. The second-order valence-corrected chi connectivity index (χ2v) is 5.59. The first-order chi connectivity index (χ1) is 8.43. The summed E-state index contributed by atoms with van der Waals surface area (Å²) in [5.41, 5.74) is 0.915. The number of carbonyl (C=O) groups excluding carboxylic acids is 1. The van der Waals surface area contributed by atoms with Gasteiger partial charge in [-0.2, -0.15) is 0 Å². The largest absolute Gasteiger partial charge is 0.348 e. The van der Waals surface area contributed by atoms with E-state index in [0.717, 1.165) is 12.0 Å². The number of aryl methyl sites for hydroxylation is 1. The summed E-state index contributed by atoms with van der Waals surface area (Å²) in [5, 5.41) is 3.52. The zero-order valence-corrected chi connectivity index (χ0v) is 12.6. The van der Waals surface area contributed by atoms with Gasteiger partial charge in [0.2, 0.25) is 0 Å². The molecule has 1 rings (SSSR count). The van der Waals surface area contributed by atoms with Crippen molar-refractivity contribution >= 4 is 21.8 Å². The van der Waals surface area contributed by atoms with Crippen molar-refractivity contribution in [2.45, 2.75) is 33.2 Å². The van der Waals surface area contributed by atoms with Crippen LogP contribution in [0.4, 0.5) is 4.39 Å². The summed E-state index contributed by atoms with van der Waals surface area (Å²) in [5.74, 6) is -0.335. The number of rotatable bonds is 5. The van der Waals surface area contributed by atoms with Crippen LogP contribution < -0.4 is 5.32 Å². The number of halogens is 2. The molecule has 0 saturated heterocycles. The molecule has 0 heterocycles. The quantitative estimate of drug-likeness (QED) is 0.825. The van der Waals surface area contributed by atoms with Gasteiger partial charge in [-0.25, -0.2) is 4.39 Å². The van der Waals surface area contributed by atoms with E-state index in [2.05, 4.69) is 35.1 Å². The first kappa shape index (κ1) is 15.2. The van der Waals surface area contributed by atoms with Crippen LogP contribution in [0.2, 0.25) is 0 Å². The van der Waals surface area contributed by atoms with Crippen molar-refractivity contribution in [3.8, 4) is 0 Å². The predicted molar refractivity (Wildman–Crippen MR) is 75.6 cm³/mol. The molecule has 18 heavy (non-hydrogen) atoms. The summed E-state index contributed by atoms with van der Waals surface area (Å²) >= 11 is 3.37. The molecule has 2 nitrogen and oxygen atoms in total. The monoisotopic (exact) mass is 315 g/mol. The van der Waals surface area contributed by atoms with Crippen LogP contribution in [0.3, 0.4) is 0 Å². The Hall–Kier alpha value is -0.900. The highest BCUT2D eigenvalue weighted by atomic mass is 79.9. The first-order valence-electron chi connectivity index (χ1n) is 6.07. The van der Waals surface area contributed by atoms with Crippen LogP contribution in [0.5, 0.6) is 0 Å². The maximum absolute atomic E-state index is 13.6. The standard InChI is InChI=1S/C14H19BrFNO/c1-9(2)6-11(8-15)17-14(18)12-5-4-10(3)7-13(12)16/h4-5,7,9,11H,6,8H2,1-3H3,(H,17,18). The summed E-state index contributed by atoms with van der Waals surface area (Å²) in [6, 6.07) is 4.67. The first-order valence-corrected chi connectivity index (χ1v) is 7.19. The molecule has 1 atom stereocenters. The molecule has 0 fully saturated rings. The normalized spacial score (nSPS) is 12.6. The van der Waals surface area contributed by atoms with E-state index in [-0.39, 0.29) is 17.5 Å². The van der Waals surface area contributed by atoms with Gasteiger partial charge < -0.3 is 5.32 Å². The number of benzene rings is 1. The van der Waals surface area contributed by atoms with Crippen molar-refractivity contribution in [2.24, 2.45) is 5.92 Å². The fraction of sp³-hybridized carbons (Fsp3) is 0.500. The van der Waals surface area contributed by atoms with Gasteiger partial charge in [0.05, 0.1) is 5.56 Å². The molecule has 0 aliphatic rings. The summed E-state index contributed by atoms with van der Waals surface area (Å²) in [6.45, 7) is 5.98. The summed E-state index contributed by atoms with van der Waals surface area (Å²) in [6.07, 6.45) is 0.866. The average molecular weight is 316 g/mol. The maximum atomic E-state index is 13.6. The second-order valence-electron chi connectivity index (χ2n) is 4.94. The van der Waals surface area contributed by atoms with Crippen LogP contribution in [0.25, 0.3) is 0 Å². The number of carbonyl (C=O) groups is 1. The number of nitrogens with one attached hydrogen (secondary N) is 1. The Bertz CT molecular complexity index is 420. The fourth-order valence-electron chi connectivity index (χ4n) is 1.80. The Morgan fingerprint density at radius 2 is 2.11 bits per heavy atom. The van der Waals surface area contributed by atoms with Gasteiger partial charge in [-0.15, -0.1) is 0 Å². The molecular weight excluding hydrogens is 297 g/mol. The average Bonchev–Trinajstić information content (AvgIpc) is 2.27.